The lowest BCUT2D eigenvalue weighted by Crippen LogP contribution is -2.53. The van der Waals surface area contributed by atoms with E-state index in [1.807, 2.05) is 30.3 Å². The Labute approximate surface area is 202 Å². The normalized spacial score (nSPS) is 16.0. The van der Waals surface area contributed by atoms with Crippen LogP contribution in [0.5, 0.6) is 5.75 Å². The molecule has 2 heterocycles. The van der Waals surface area contributed by atoms with Crippen LogP contribution in [0.3, 0.4) is 0 Å². The van der Waals surface area contributed by atoms with Gasteiger partial charge < -0.3 is 21.1 Å². The molecule has 2 aromatic carbocycles. The number of carbonyl (C=O) groups is 2. The third-order valence-corrected chi connectivity index (χ3v) is 6.88. The van der Waals surface area contributed by atoms with Crippen LogP contribution in [0.25, 0.3) is 10.8 Å². The zero-order valence-corrected chi connectivity index (χ0v) is 19.5. The number of aromatic amines is 1. The zero-order chi connectivity index (χ0) is 24.4. The zero-order valence-electron chi connectivity index (χ0n) is 19.5. The highest BCUT2D eigenvalue weighted by atomic mass is 16.5. The van der Waals surface area contributed by atoms with Crippen molar-refractivity contribution in [2.75, 3.05) is 19.7 Å². The van der Waals surface area contributed by atoms with Crippen molar-refractivity contribution >= 4 is 22.6 Å². The molecule has 1 saturated carbocycles. The summed E-state index contributed by atoms with van der Waals surface area (Å²) in [4.78, 5) is 37.5. The maximum atomic E-state index is 13.0. The Bertz CT molecular complexity index is 1340. The molecule has 0 atom stereocenters. The lowest BCUT2D eigenvalue weighted by atomic mass is 9.98. The maximum absolute atomic E-state index is 13.0. The molecule has 9 nitrogen and oxygen atoms in total. The molecule has 0 saturated heterocycles. The Morgan fingerprint density at radius 2 is 1.83 bits per heavy atom. The molecule has 3 aromatic rings. The van der Waals surface area contributed by atoms with E-state index in [0.717, 1.165) is 41.5 Å². The summed E-state index contributed by atoms with van der Waals surface area (Å²) in [5.74, 6) is 0.180. The van der Waals surface area contributed by atoms with Gasteiger partial charge in [0.05, 0.1) is 28.8 Å². The van der Waals surface area contributed by atoms with Crippen molar-refractivity contribution in [2.24, 2.45) is 5.73 Å². The third kappa shape index (κ3) is 4.64. The van der Waals surface area contributed by atoms with Crippen LogP contribution in [-0.2, 0) is 17.6 Å². The van der Waals surface area contributed by atoms with Crippen LogP contribution in [0.4, 0.5) is 0 Å². The van der Waals surface area contributed by atoms with E-state index >= 15 is 0 Å². The van der Waals surface area contributed by atoms with Crippen LogP contribution >= 0.6 is 0 Å². The Morgan fingerprint density at radius 1 is 1.09 bits per heavy atom. The number of fused-ring (bicyclic) bond motifs is 2. The molecule has 0 spiro atoms. The molecule has 1 aliphatic carbocycles. The summed E-state index contributed by atoms with van der Waals surface area (Å²) >= 11 is 0. The molecule has 0 unspecified atom stereocenters. The van der Waals surface area contributed by atoms with Gasteiger partial charge in [0.15, 0.2) is 0 Å². The van der Waals surface area contributed by atoms with Crippen LogP contribution in [0.1, 0.15) is 52.9 Å². The number of nitrogens with two attached hydrogens (primary N) is 1. The molecule has 0 radical (unpaired) electrons. The fourth-order valence-electron chi connectivity index (χ4n) is 5.00. The van der Waals surface area contributed by atoms with Gasteiger partial charge in [0.2, 0.25) is 5.91 Å². The molecule has 9 heteroatoms. The quantitative estimate of drug-likeness (QED) is 0.383. The highest BCUT2D eigenvalue weighted by Crippen LogP contribution is 2.32. The maximum Gasteiger partial charge on any atom is 0.272 e. The van der Waals surface area contributed by atoms with E-state index in [4.69, 9.17) is 10.5 Å². The number of ether oxygens (including phenoxy) is 1. The van der Waals surface area contributed by atoms with E-state index < -0.39 is 5.54 Å². The first-order valence-electron chi connectivity index (χ1n) is 12.0. The van der Waals surface area contributed by atoms with Crippen molar-refractivity contribution in [3.8, 4) is 5.75 Å². The van der Waals surface area contributed by atoms with Crippen molar-refractivity contribution in [2.45, 2.75) is 44.1 Å². The molecule has 5 N–H and O–H groups in total. The second-order valence-electron chi connectivity index (χ2n) is 9.33. The molecule has 182 valence electrons. The lowest BCUT2D eigenvalue weighted by Gasteiger charge is -2.22. The van der Waals surface area contributed by atoms with Gasteiger partial charge in [-0.1, -0.05) is 37.1 Å². The molecule has 0 bridgehead atoms. The SMILES string of the molecule is NC1(C(=O)NCCNC(=O)c2cc(Cc3n[nH]c(=O)c4ccccc34)cc3c2OCC3)CCCC1. The fourth-order valence-corrected chi connectivity index (χ4v) is 5.00. The van der Waals surface area contributed by atoms with E-state index in [-0.39, 0.29) is 23.9 Å². The smallest absolute Gasteiger partial charge is 0.272 e. The monoisotopic (exact) mass is 475 g/mol. The average Bonchev–Trinajstić information content (AvgIpc) is 3.53. The summed E-state index contributed by atoms with van der Waals surface area (Å²) in [6.45, 7) is 1.11. The minimum atomic E-state index is -0.785. The molecule has 2 amide bonds. The standard InChI is InChI=1S/C26H29N5O4/c27-26(8-3-4-9-26)25(34)29-11-10-28-23(32)20-14-16(13-17-7-12-35-22(17)20)15-21-18-5-1-2-6-19(18)24(33)31-30-21/h1-2,5-6,13-14H,3-4,7-12,15,27H2,(H,28,32)(H,29,34)(H,31,33). The number of hydrogen-bond donors (Lipinski definition) is 4. The fraction of sp³-hybridized carbons (Fsp3) is 0.385. The molecule has 5 rings (SSSR count). The molecule has 1 fully saturated rings. The largest absolute Gasteiger partial charge is 0.492 e. The predicted molar refractivity (Wildman–Crippen MR) is 132 cm³/mol. The Kier molecular flexibility index (Phi) is 6.25. The first-order valence-corrected chi connectivity index (χ1v) is 12.0. The summed E-state index contributed by atoms with van der Waals surface area (Å²) in [5.41, 5.74) is 8.24. The van der Waals surface area contributed by atoms with Crippen molar-refractivity contribution in [3.05, 3.63) is 69.1 Å². The van der Waals surface area contributed by atoms with Gasteiger partial charge in [-0.15, -0.1) is 0 Å². The molecule has 1 aromatic heterocycles. The highest BCUT2D eigenvalue weighted by molar-refractivity contribution is 5.98. The third-order valence-electron chi connectivity index (χ3n) is 6.88. The van der Waals surface area contributed by atoms with Crippen molar-refractivity contribution in [1.82, 2.24) is 20.8 Å². The summed E-state index contributed by atoms with van der Waals surface area (Å²) in [6.07, 6.45) is 4.50. The van der Waals surface area contributed by atoms with Crippen LogP contribution in [0, 0.1) is 0 Å². The molecule has 35 heavy (non-hydrogen) atoms. The Hall–Kier alpha value is -3.72. The van der Waals surface area contributed by atoms with Gasteiger partial charge in [0, 0.05) is 31.3 Å². The van der Waals surface area contributed by atoms with Gasteiger partial charge in [0.25, 0.3) is 11.5 Å². The second-order valence-corrected chi connectivity index (χ2v) is 9.33. The number of H-pyrrole nitrogens is 1. The number of carbonyl (C=O) groups excluding carboxylic acids is 2. The average molecular weight is 476 g/mol. The number of nitrogens with one attached hydrogen (secondary N) is 3. The first kappa shape index (κ1) is 23.0. The number of nitrogens with zero attached hydrogens (tertiary/aromatic N) is 1. The topological polar surface area (TPSA) is 139 Å². The van der Waals surface area contributed by atoms with Gasteiger partial charge in [-0.25, -0.2) is 5.10 Å². The van der Waals surface area contributed by atoms with Gasteiger partial charge in [0.1, 0.15) is 5.75 Å². The Morgan fingerprint density at radius 3 is 2.63 bits per heavy atom. The number of aromatic nitrogens is 2. The van der Waals surface area contributed by atoms with Crippen molar-refractivity contribution in [3.63, 3.8) is 0 Å². The van der Waals surface area contributed by atoms with Crippen LogP contribution in [-0.4, -0.2) is 47.2 Å². The second kappa shape index (κ2) is 9.50. The molecule has 2 aliphatic rings. The lowest BCUT2D eigenvalue weighted by molar-refractivity contribution is -0.126. The van der Waals surface area contributed by atoms with Crippen LogP contribution < -0.4 is 26.7 Å². The van der Waals surface area contributed by atoms with E-state index in [1.165, 1.54) is 0 Å². The van der Waals surface area contributed by atoms with Crippen LogP contribution in [0.15, 0.2) is 41.2 Å². The Balaban J connectivity index is 1.30. The van der Waals surface area contributed by atoms with E-state index in [0.29, 0.717) is 49.1 Å². The first-order chi connectivity index (χ1) is 16.9. The number of amides is 2. The van der Waals surface area contributed by atoms with Gasteiger partial charge in [-0.2, -0.15) is 5.10 Å². The minimum Gasteiger partial charge on any atom is -0.492 e. The van der Waals surface area contributed by atoms with E-state index in [2.05, 4.69) is 20.8 Å². The summed E-state index contributed by atoms with van der Waals surface area (Å²) in [6, 6.07) is 11.2. The van der Waals surface area contributed by atoms with Gasteiger partial charge in [-0.3, -0.25) is 14.4 Å². The molecular weight excluding hydrogens is 446 g/mol. The van der Waals surface area contributed by atoms with Gasteiger partial charge >= 0.3 is 0 Å². The minimum absolute atomic E-state index is 0.156. The van der Waals surface area contributed by atoms with Gasteiger partial charge in [-0.05, 0) is 36.1 Å². The van der Waals surface area contributed by atoms with Crippen molar-refractivity contribution in [1.29, 1.82) is 0 Å². The van der Waals surface area contributed by atoms with Crippen molar-refractivity contribution < 1.29 is 14.3 Å². The molecule has 1 aliphatic heterocycles. The number of benzene rings is 2. The predicted octanol–water partition coefficient (Wildman–Crippen LogP) is 1.57. The summed E-state index contributed by atoms with van der Waals surface area (Å²) < 4.78 is 5.76. The number of hydrogen-bond acceptors (Lipinski definition) is 6. The summed E-state index contributed by atoms with van der Waals surface area (Å²) in [5, 5.41) is 13.9. The van der Waals surface area contributed by atoms with E-state index in [1.54, 1.807) is 6.07 Å². The van der Waals surface area contributed by atoms with Crippen LogP contribution in [0.2, 0.25) is 0 Å². The molecular formula is C26H29N5O4. The van der Waals surface area contributed by atoms with E-state index in [9.17, 15) is 14.4 Å². The summed E-state index contributed by atoms with van der Waals surface area (Å²) in [7, 11) is 0. The highest BCUT2D eigenvalue weighted by Gasteiger charge is 2.36. The number of rotatable bonds is 7.